The van der Waals surface area contributed by atoms with Gasteiger partial charge in [0.05, 0.1) is 17.8 Å². The number of nitrogens with one attached hydrogen (secondary N) is 1. The van der Waals surface area contributed by atoms with Crippen LogP contribution in [0.4, 0.5) is 5.69 Å². The van der Waals surface area contributed by atoms with Crippen molar-refractivity contribution in [3.05, 3.63) is 18.3 Å². The van der Waals surface area contributed by atoms with Gasteiger partial charge in [0.1, 0.15) is 0 Å². The number of oxime groups is 1. The van der Waals surface area contributed by atoms with E-state index in [0.29, 0.717) is 12.3 Å². The minimum atomic E-state index is -0.256. The third-order valence-corrected chi connectivity index (χ3v) is 2.33. The van der Waals surface area contributed by atoms with Gasteiger partial charge in [-0.2, -0.15) is 0 Å². The lowest BCUT2D eigenvalue weighted by atomic mass is 10.2. The molecule has 0 saturated heterocycles. The largest absolute Gasteiger partial charge is 0.473 e. The van der Waals surface area contributed by atoms with Gasteiger partial charge in [0.2, 0.25) is 5.88 Å². The van der Waals surface area contributed by atoms with E-state index in [4.69, 9.17) is 15.7 Å². The molecule has 0 spiro atoms. The second-order valence-electron chi connectivity index (χ2n) is 4.15. The van der Waals surface area contributed by atoms with Gasteiger partial charge in [-0.15, -0.1) is 0 Å². The van der Waals surface area contributed by atoms with Crippen LogP contribution in [0.1, 0.15) is 27.2 Å². The third kappa shape index (κ3) is 3.80. The molecule has 6 heteroatoms. The Labute approximate surface area is 107 Å². The summed E-state index contributed by atoms with van der Waals surface area (Å²) in [6.07, 6.45) is 2.38. The maximum Gasteiger partial charge on any atom is 0.237 e. The molecule has 100 valence electrons. The van der Waals surface area contributed by atoms with Crippen molar-refractivity contribution in [3.63, 3.8) is 0 Å². The molecular formula is C12H20N4O2. The summed E-state index contributed by atoms with van der Waals surface area (Å²) in [4.78, 5) is 4.16. The lowest BCUT2D eigenvalue weighted by Crippen LogP contribution is -2.35. The maximum absolute atomic E-state index is 8.71. The normalized spacial score (nSPS) is 13.4. The predicted molar refractivity (Wildman–Crippen MR) is 71.1 cm³/mol. The number of rotatable bonds is 6. The maximum atomic E-state index is 8.71. The molecule has 1 unspecified atom stereocenters. The monoisotopic (exact) mass is 252 g/mol. The molecule has 1 aromatic rings. The second-order valence-corrected chi connectivity index (χ2v) is 4.15. The van der Waals surface area contributed by atoms with Crippen molar-refractivity contribution in [2.75, 3.05) is 5.32 Å². The summed E-state index contributed by atoms with van der Waals surface area (Å²) in [5.41, 5.74) is 6.33. The Morgan fingerprint density at radius 3 is 2.89 bits per heavy atom. The van der Waals surface area contributed by atoms with E-state index in [-0.39, 0.29) is 18.0 Å². The minimum Gasteiger partial charge on any atom is -0.473 e. The molecule has 1 rings (SSSR count). The highest BCUT2D eigenvalue weighted by molar-refractivity contribution is 5.88. The number of aromatic nitrogens is 1. The molecule has 6 nitrogen and oxygen atoms in total. The van der Waals surface area contributed by atoms with Crippen LogP contribution in [0, 0.1) is 0 Å². The first-order chi connectivity index (χ1) is 8.58. The van der Waals surface area contributed by atoms with Crippen LogP contribution in [0.25, 0.3) is 0 Å². The molecule has 18 heavy (non-hydrogen) atoms. The van der Waals surface area contributed by atoms with Gasteiger partial charge < -0.3 is 21.0 Å². The summed E-state index contributed by atoms with van der Waals surface area (Å²) in [6, 6.07) is 3.39. The lowest BCUT2D eigenvalue weighted by molar-refractivity contribution is 0.234. The topological polar surface area (TPSA) is 92.8 Å². The fourth-order valence-corrected chi connectivity index (χ4v) is 1.46. The van der Waals surface area contributed by atoms with E-state index in [2.05, 4.69) is 15.5 Å². The van der Waals surface area contributed by atoms with Crippen LogP contribution in [0.3, 0.4) is 0 Å². The third-order valence-electron chi connectivity index (χ3n) is 2.33. The molecule has 1 aromatic heterocycles. The Morgan fingerprint density at radius 2 is 2.33 bits per heavy atom. The number of nitrogens with two attached hydrogens (primary N) is 1. The number of hydrogen-bond acceptors (Lipinski definition) is 5. The lowest BCUT2D eigenvalue weighted by Gasteiger charge is -2.19. The highest BCUT2D eigenvalue weighted by atomic mass is 16.5. The summed E-state index contributed by atoms with van der Waals surface area (Å²) in [7, 11) is 0. The SMILES string of the molecule is CCC(Nc1cccnc1OC(C)C)C(N)=NO. The Bertz CT molecular complexity index is 407. The average Bonchev–Trinajstić information content (AvgIpc) is 2.36. The molecule has 0 amide bonds. The van der Waals surface area contributed by atoms with Gasteiger partial charge in [-0.25, -0.2) is 4.98 Å². The van der Waals surface area contributed by atoms with Crippen LogP contribution in [0.5, 0.6) is 5.88 Å². The molecule has 0 fully saturated rings. The summed E-state index contributed by atoms with van der Waals surface area (Å²) in [5, 5.41) is 14.9. The highest BCUT2D eigenvalue weighted by Crippen LogP contribution is 2.23. The fraction of sp³-hybridized carbons (Fsp3) is 0.500. The average molecular weight is 252 g/mol. The molecule has 0 saturated carbocycles. The Kier molecular flexibility index (Phi) is 5.23. The van der Waals surface area contributed by atoms with Crippen LogP contribution < -0.4 is 15.8 Å². The van der Waals surface area contributed by atoms with Crippen LogP contribution in [-0.2, 0) is 0 Å². The molecule has 1 atom stereocenters. The minimum absolute atomic E-state index is 0.0318. The molecule has 0 aliphatic rings. The molecular weight excluding hydrogens is 232 g/mol. The van der Waals surface area contributed by atoms with Crippen LogP contribution >= 0.6 is 0 Å². The fourth-order valence-electron chi connectivity index (χ4n) is 1.46. The van der Waals surface area contributed by atoms with Crippen molar-refractivity contribution >= 4 is 11.5 Å². The summed E-state index contributed by atoms with van der Waals surface area (Å²) in [6.45, 7) is 5.80. The first-order valence-electron chi connectivity index (χ1n) is 5.94. The molecule has 0 aliphatic heterocycles. The van der Waals surface area contributed by atoms with E-state index in [0.717, 1.165) is 5.69 Å². The van der Waals surface area contributed by atoms with E-state index in [1.807, 2.05) is 26.8 Å². The van der Waals surface area contributed by atoms with Crippen molar-refractivity contribution in [2.45, 2.75) is 39.3 Å². The summed E-state index contributed by atoms with van der Waals surface area (Å²) in [5.74, 6) is 0.647. The molecule has 0 radical (unpaired) electrons. The molecule has 1 heterocycles. The van der Waals surface area contributed by atoms with Crippen molar-refractivity contribution in [1.29, 1.82) is 0 Å². The van der Waals surface area contributed by atoms with Crippen molar-refractivity contribution in [3.8, 4) is 5.88 Å². The zero-order valence-corrected chi connectivity index (χ0v) is 10.9. The number of ether oxygens (including phenoxy) is 1. The van der Waals surface area contributed by atoms with Gasteiger partial charge in [-0.05, 0) is 32.4 Å². The van der Waals surface area contributed by atoms with Gasteiger partial charge in [-0.1, -0.05) is 12.1 Å². The van der Waals surface area contributed by atoms with Crippen molar-refractivity contribution in [2.24, 2.45) is 10.9 Å². The smallest absolute Gasteiger partial charge is 0.237 e. The van der Waals surface area contributed by atoms with E-state index in [9.17, 15) is 0 Å². The van der Waals surface area contributed by atoms with Crippen LogP contribution in [-0.4, -0.2) is 28.2 Å². The van der Waals surface area contributed by atoms with Crippen molar-refractivity contribution < 1.29 is 9.94 Å². The van der Waals surface area contributed by atoms with Crippen molar-refractivity contribution in [1.82, 2.24) is 4.98 Å². The Balaban J connectivity index is 2.88. The zero-order valence-electron chi connectivity index (χ0n) is 10.9. The quantitative estimate of drug-likeness (QED) is 0.311. The van der Waals surface area contributed by atoms with E-state index in [1.165, 1.54) is 0 Å². The van der Waals surface area contributed by atoms with Crippen LogP contribution in [0.15, 0.2) is 23.5 Å². The number of pyridine rings is 1. The Morgan fingerprint density at radius 1 is 1.61 bits per heavy atom. The summed E-state index contributed by atoms with van der Waals surface area (Å²) < 4.78 is 5.59. The molecule has 4 N–H and O–H groups in total. The predicted octanol–water partition coefficient (Wildman–Crippen LogP) is 1.81. The van der Waals surface area contributed by atoms with Crippen LogP contribution in [0.2, 0.25) is 0 Å². The Hall–Kier alpha value is -1.98. The van der Waals surface area contributed by atoms with Gasteiger partial charge in [0.25, 0.3) is 0 Å². The standard InChI is InChI=1S/C12H20N4O2/c1-4-9(11(13)16-17)15-10-6-5-7-14-12(10)18-8(2)3/h5-9,15,17H,4H2,1-3H3,(H2,13,16). The first kappa shape index (κ1) is 14.1. The molecule has 0 bridgehead atoms. The number of nitrogens with zero attached hydrogens (tertiary/aromatic N) is 2. The van der Waals surface area contributed by atoms with E-state index >= 15 is 0 Å². The van der Waals surface area contributed by atoms with Gasteiger partial charge in [0.15, 0.2) is 5.84 Å². The molecule has 0 aliphatic carbocycles. The number of anilines is 1. The number of amidine groups is 1. The van der Waals surface area contributed by atoms with E-state index in [1.54, 1.807) is 12.3 Å². The number of hydrogen-bond donors (Lipinski definition) is 3. The zero-order chi connectivity index (χ0) is 13.5. The molecule has 0 aromatic carbocycles. The van der Waals surface area contributed by atoms with Gasteiger partial charge in [-0.3, -0.25) is 0 Å². The second kappa shape index (κ2) is 6.68. The van der Waals surface area contributed by atoms with E-state index < -0.39 is 0 Å². The van der Waals surface area contributed by atoms with Gasteiger partial charge in [0, 0.05) is 6.20 Å². The first-order valence-corrected chi connectivity index (χ1v) is 5.94. The van der Waals surface area contributed by atoms with Gasteiger partial charge >= 0.3 is 0 Å². The highest BCUT2D eigenvalue weighted by Gasteiger charge is 2.15. The summed E-state index contributed by atoms with van der Waals surface area (Å²) >= 11 is 0.